The standard InChI is InChI=1S/C42H33NO2S5/c1-2-3-4-5-6-27-7-11-30(12-8-27)43-33-15-9-28(35-19-21-39(48-35)37-17-13-31(25-44)46-37)23-41(33)50-42-24-29(10-16-34(42)43)36-20-22-40(49-36)38-18-14-32(26-45)47-38/h7-26H,2-6H2,1H3. The van der Waals surface area contributed by atoms with Gasteiger partial charge in [-0.1, -0.05) is 62.2 Å². The average Bonchev–Trinajstić information content (AvgIpc) is 3.99. The fourth-order valence-electron chi connectivity index (χ4n) is 6.31. The molecule has 1 aliphatic rings. The lowest BCUT2D eigenvalue weighted by Crippen LogP contribution is -2.15. The molecular formula is C42H33NO2S5. The molecule has 0 aliphatic carbocycles. The Morgan fingerprint density at radius 1 is 0.520 bits per heavy atom. The van der Waals surface area contributed by atoms with Gasteiger partial charge in [0.2, 0.25) is 0 Å². The van der Waals surface area contributed by atoms with Gasteiger partial charge in [-0.3, -0.25) is 9.59 Å². The summed E-state index contributed by atoms with van der Waals surface area (Å²) in [6.45, 7) is 2.26. The molecule has 8 heteroatoms. The van der Waals surface area contributed by atoms with E-state index in [2.05, 4.69) is 96.8 Å². The summed E-state index contributed by atoms with van der Waals surface area (Å²) < 4.78 is 0. The first kappa shape index (κ1) is 33.1. The van der Waals surface area contributed by atoms with E-state index in [-0.39, 0.29) is 0 Å². The fraction of sp³-hybridized carbons (Fsp3) is 0.143. The zero-order valence-corrected chi connectivity index (χ0v) is 31.5. The molecule has 7 aromatic rings. The van der Waals surface area contributed by atoms with Crippen LogP contribution >= 0.6 is 57.1 Å². The van der Waals surface area contributed by atoms with Crippen molar-refractivity contribution in [3.63, 3.8) is 0 Å². The molecule has 0 saturated carbocycles. The van der Waals surface area contributed by atoms with Crippen LogP contribution in [0.15, 0.2) is 119 Å². The summed E-state index contributed by atoms with van der Waals surface area (Å²) in [6.07, 6.45) is 8.02. The molecule has 0 saturated heterocycles. The van der Waals surface area contributed by atoms with E-state index in [1.54, 1.807) is 22.7 Å². The van der Waals surface area contributed by atoms with Crippen LogP contribution in [0.1, 0.15) is 57.5 Å². The van der Waals surface area contributed by atoms with Crippen molar-refractivity contribution in [3.05, 3.63) is 125 Å². The van der Waals surface area contributed by atoms with Crippen molar-refractivity contribution in [2.24, 2.45) is 0 Å². The van der Waals surface area contributed by atoms with Crippen LogP contribution in [-0.4, -0.2) is 12.6 Å². The minimum Gasteiger partial charge on any atom is -0.308 e. The largest absolute Gasteiger partial charge is 0.308 e. The number of hydrogen-bond acceptors (Lipinski definition) is 8. The number of carbonyl (C=O) groups is 2. The summed E-state index contributed by atoms with van der Waals surface area (Å²) in [5, 5.41) is 0. The third-order valence-electron chi connectivity index (χ3n) is 8.89. The molecule has 3 aromatic carbocycles. The van der Waals surface area contributed by atoms with E-state index < -0.39 is 0 Å². The van der Waals surface area contributed by atoms with Crippen molar-refractivity contribution in [3.8, 4) is 40.4 Å². The second-order valence-corrected chi connectivity index (χ2v) is 17.7. The first-order chi connectivity index (χ1) is 24.6. The molecule has 4 aromatic heterocycles. The van der Waals surface area contributed by atoms with Gasteiger partial charge in [0, 0.05) is 44.7 Å². The van der Waals surface area contributed by atoms with Crippen LogP contribution < -0.4 is 4.90 Å². The van der Waals surface area contributed by atoms with Gasteiger partial charge in [-0.05, 0) is 114 Å². The van der Waals surface area contributed by atoms with Gasteiger partial charge in [0.15, 0.2) is 12.6 Å². The van der Waals surface area contributed by atoms with Crippen molar-refractivity contribution in [1.29, 1.82) is 0 Å². The zero-order chi connectivity index (χ0) is 34.0. The average molecular weight is 744 g/mol. The molecule has 0 N–H and O–H groups in total. The van der Waals surface area contributed by atoms with E-state index in [1.807, 2.05) is 36.0 Å². The van der Waals surface area contributed by atoms with Crippen molar-refractivity contribution >= 4 is 86.7 Å². The van der Waals surface area contributed by atoms with Crippen molar-refractivity contribution in [2.75, 3.05) is 4.90 Å². The number of benzene rings is 3. The van der Waals surface area contributed by atoms with Gasteiger partial charge in [0.1, 0.15) is 0 Å². The third kappa shape index (κ3) is 6.71. The molecule has 8 rings (SSSR count). The fourth-order valence-corrected chi connectivity index (χ4v) is 11.3. The van der Waals surface area contributed by atoms with Crippen LogP contribution in [-0.2, 0) is 6.42 Å². The van der Waals surface area contributed by atoms with Crippen LogP contribution in [0.2, 0.25) is 0 Å². The maximum atomic E-state index is 11.3. The Hall–Kier alpha value is -4.05. The number of thiophene rings is 4. The van der Waals surface area contributed by atoms with E-state index >= 15 is 0 Å². The highest BCUT2D eigenvalue weighted by molar-refractivity contribution is 7.99. The van der Waals surface area contributed by atoms with E-state index in [9.17, 15) is 9.59 Å². The van der Waals surface area contributed by atoms with Crippen LogP contribution in [0.25, 0.3) is 40.4 Å². The normalized spacial score (nSPS) is 12.1. The monoisotopic (exact) mass is 743 g/mol. The van der Waals surface area contributed by atoms with Gasteiger partial charge < -0.3 is 4.90 Å². The molecule has 0 fully saturated rings. The maximum absolute atomic E-state index is 11.3. The summed E-state index contributed by atoms with van der Waals surface area (Å²) in [4.78, 5) is 35.9. The molecule has 0 bridgehead atoms. The van der Waals surface area contributed by atoms with Crippen LogP contribution in [0, 0.1) is 0 Å². The number of fused-ring (bicyclic) bond motifs is 2. The van der Waals surface area contributed by atoms with Crippen LogP contribution in [0.4, 0.5) is 17.1 Å². The topological polar surface area (TPSA) is 37.4 Å². The van der Waals surface area contributed by atoms with Crippen molar-refractivity contribution < 1.29 is 9.59 Å². The van der Waals surface area contributed by atoms with Crippen molar-refractivity contribution in [1.82, 2.24) is 0 Å². The summed E-state index contributed by atoms with van der Waals surface area (Å²) in [7, 11) is 0. The first-order valence-corrected chi connectivity index (χ1v) is 20.8. The maximum Gasteiger partial charge on any atom is 0.160 e. The van der Waals surface area contributed by atoms with Gasteiger partial charge in [-0.25, -0.2) is 0 Å². The Morgan fingerprint density at radius 3 is 1.52 bits per heavy atom. The number of rotatable bonds is 12. The number of nitrogens with zero attached hydrogens (tertiary/aromatic N) is 1. The number of carbonyl (C=O) groups excluding carboxylic acids is 2. The molecule has 1 aliphatic heterocycles. The van der Waals surface area contributed by atoms with Crippen molar-refractivity contribution in [2.45, 2.75) is 48.8 Å². The molecule has 248 valence electrons. The summed E-state index contributed by atoms with van der Waals surface area (Å²) in [5.74, 6) is 0. The molecular weight excluding hydrogens is 711 g/mol. The van der Waals surface area contributed by atoms with E-state index in [0.717, 1.165) is 44.2 Å². The second kappa shape index (κ2) is 14.7. The highest BCUT2D eigenvalue weighted by Gasteiger charge is 2.26. The van der Waals surface area contributed by atoms with E-state index in [1.165, 1.54) is 106 Å². The number of anilines is 3. The summed E-state index contributed by atoms with van der Waals surface area (Å²) in [6, 6.07) is 39.4. The lowest BCUT2D eigenvalue weighted by Gasteiger charge is -2.33. The Morgan fingerprint density at radius 2 is 1.02 bits per heavy atom. The molecule has 0 unspecified atom stereocenters. The minimum absolute atomic E-state index is 0.750. The first-order valence-electron chi connectivity index (χ1n) is 16.8. The molecule has 0 spiro atoms. The highest BCUT2D eigenvalue weighted by Crippen LogP contribution is 2.54. The van der Waals surface area contributed by atoms with E-state index in [4.69, 9.17) is 0 Å². The smallest absolute Gasteiger partial charge is 0.160 e. The molecule has 0 amide bonds. The Bertz CT molecular complexity index is 2170. The quantitative estimate of drug-likeness (QED) is 0.0922. The minimum atomic E-state index is 0.750. The summed E-state index contributed by atoms with van der Waals surface area (Å²) >= 11 is 8.43. The van der Waals surface area contributed by atoms with Crippen LogP contribution in [0.3, 0.4) is 0 Å². The molecule has 0 atom stereocenters. The van der Waals surface area contributed by atoms with Gasteiger partial charge in [-0.2, -0.15) is 0 Å². The Kier molecular flexibility index (Phi) is 9.71. The van der Waals surface area contributed by atoms with Gasteiger partial charge in [0.05, 0.1) is 21.1 Å². The third-order valence-corrected chi connectivity index (χ3v) is 14.7. The zero-order valence-electron chi connectivity index (χ0n) is 27.4. The lowest BCUT2D eigenvalue weighted by molar-refractivity contribution is 0.111. The lowest BCUT2D eigenvalue weighted by atomic mass is 10.0. The molecule has 0 radical (unpaired) electrons. The number of aldehydes is 2. The predicted molar refractivity (Wildman–Crippen MR) is 217 cm³/mol. The Balaban J connectivity index is 1.15. The van der Waals surface area contributed by atoms with Gasteiger partial charge >= 0.3 is 0 Å². The predicted octanol–water partition coefficient (Wildman–Crippen LogP) is 14.3. The number of hydrogen-bond donors (Lipinski definition) is 0. The van der Waals surface area contributed by atoms with E-state index in [0.29, 0.717) is 0 Å². The number of aryl methyl sites for hydroxylation is 1. The van der Waals surface area contributed by atoms with Gasteiger partial charge in [-0.15, -0.1) is 45.3 Å². The SMILES string of the molecule is CCCCCCc1ccc(N2c3ccc(-c4ccc(-c5ccc(C=O)s5)s4)cc3Sc3cc(-c4ccc(-c5ccc(C=O)s5)s4)ccc32)cc1. The molecule has 50 heavy (non-hydrogen) atoms. The Labute approximate surface area is 312 Å². The molecule has 5 heterocycles. The van der Waals surface area contributed by atoms with Crippen LogP contribution in [0.5, 0.6) is 0 Å². The second-order valence-electron chi connectivity index (χ2n) is 12.2. The number of unbranched alkanes of at least 4 members (excludes halogenated alkanes) is 3. The summed E-state index contributed by atoms with van der Waals surface area (Å²) in [5.41, 5.74) is 7.30. The highest BCUT2D eigenvalue weighted by atomic mass is 32.2. The van der Waals surface area contributed by atoms with Gasteiger partial charge in [0.25, 0.3) is 0 Å². The molecule has 3 nitrogen and oxygen atoms in total.